The SMILES string of the molecule is CCOc1ccc(N(CC(=O)N(Cc2c(Cl)cccc2Cl)[C@H](Cc2ccccc2)C(=O)N[C@@H](C)CC)S(=O)(=O)c2ccccc2)cc1. The van der Waals surface area contributed by atoms with Gasteiger partial charge in [0.2, 0.25) is 11.8 Å². The van der Waals surface area contributed by atoms with Crippen molar-refractivity contribution in [1.29, 1.82) is 0 Å². The predicted molar refractivity (Wildman–Crippen MR) is 187 cm³/mol. The molecule has 0 aliphatic rings. The van der Waals surface area contributed by atoms with Gasteiger partial charge in [-0.1, -0.05) is 84.7 Å². The number of sulfonamides is 1. The number of carbonyl (C=O) groups is 2. The average Bonchev–Trinajstić information content (AvgIpc) is 3.07. The van der Waals surface area contributed by atoms with Gasteiger partial charge in [-0.3, -0.25) is 13.9 Å². The Kier molecular flexibility index (Phi) is 12.7. The fourth-order valence-electron chi connectivity index (χ4n) is 4.97. The number of hydrogen-bond acceptors (Lipinski definition) is 5. The Morgan fingerprint density at radius 3 is 2.00 bits per heavy atom. The summed E-state index contributed by atoms with van der Waals surface area (Å²) in [7, 11) is -4.23. The van der Waals surface area contributed by atoms with Crippen LogP contribution in [0.1, 0.15) is 38.3 Å². The molecule has 4 aromatic carbocycles. The molecule has 1 N–H and O–H groups in total. The van der Waals surface area contributed by atoms with Gasteiger partial charge < -0.3 is 15.0 Å². The Labute approximate surface area is 287 Å². The maximum atomic E-state index is 14.6. The lowest BCUT2D eigenvalue weighted by molar-refractivity contribution is -0.140. The Morgan fingerprint density at radius 2 is 1.43 bits per heavy atom. The number of nitrogens with one attached hydrogen (secondary N) is 1. The Morgan fingerprint density at radius 1 is 0.830 bits per heavy atom. The zero-order valence-corrected chi connectivity index (χ0v) is 28.9. The van der Waals surface area contributed by atoms with E-state index in [-0.39, 0.29) is 35.5 Å². The van der Waals surface area contributed by atoms with E-state index in [4.69, 9.17) is 27.9 Å². The van der Waals surface area contributed by atoms with Gasteiger partial charge in [-0.15, -0.1) is 0 Å². The molecule has 0 heterocycles. The van der Waals surface area contributed by atoms with Crippen LogP contribution in [-0.2, 0) is 32.6 Å². The number of hydrogen-bond donors (Lipinski definition) is 1. The highest BCUT2D eigenvalue weighted by molar-refractivity contribution is 7.92. The summed E-state index contributed by atoms with van der Waals surface area (Å²) in [6.07, 6.45) is 0.848. The first kappa shape index (κ1) is 35.8. The van der Waals surface area contributed by atoms with Crippen LogP contribution in [0.15, 0.2) is 108 Å². The van der Waals surface area contributed by atoms with Crippen LogP contribution in [0.3, 0.4) is 0 Å². The molecule has 0 radical (unpaired) electrons. The Balaban J connectivity index is 1.83. The van der Waals surface area contributed by atoms with Crippen LogP contribution < -0.4 is 14.4 Å². The summed E-state index contributed by atoms with van der Waals surface area (Å²) in [5.74, 6) is -0.438. The minimum Gasteiger partial charge on any atom is -0.494 e. The molecule has 0 spiro atoms. The van der Waals surface area contributed by atoms with Crippen LogP contribution in [-0.4, -0.2) is 50.4 Å². The van der Waals surface area contributed by atoms with Crippen molar-refractivity contribution in [3.8, 4) is 5.75 Å². The van der Waals surface area contributed by atoms with E-state index in [1.54, 1.807) is 60.7 Å². The summed E-state index contributed by atoms with van der Waals surface area (Å²) in [4.78, 5) is 30.0. The number of anilines is 1. The van der Waals surface area contributed by atoms with Crippen molar-refractivity contribution < 1.29 is 22.7 Å². The van der Waals surface area contributed by atoms with Crippen molar-refractivity contribution in [2.75, 3.05) is 17.5 Å². The molecule has 47 heavy (non-hydrogen) atoms. The minimum atomic E-state index is -4.23. The predicted octanol–water partition coefficient (Wildman–Crippen LogP) is 7.14. The van der Waals surface area contributed by atoms with Crippen molar-refractivity contribution in [3.05, 3.63) is 124 Å². The Bertz CT molecular complexity index is 1720. The first-order chi connectivity index (χ1) is 22.5. The van der Waals surface area contributed by atoms with E-state index in [0.29, 0.717) is 34.4 Å². The molecule has 0 aliphatic carbocycles. The van der Waals surface area contributed by atoms with Gasteiger partial charge in [0.05, 0.1) is 17.2 Å². The quantitative estimate of drug-likeness (QED) is 0.143. The van der Waals surface area contributed by atoms with Gasteiger partial charge in [-0.05, 0) is 74.4 Å². The second-order valence-corrected chi connectivity index (χ2v) is 13.7. The molecule has 0 unspecified atom stereocenters. The number of ether oxygens (including phenoxy) is 1. The number of nitrogens with zero attached hydrogens (tertiary/aromatic N) is 2. The van der Waals surface area contributed by atoms with Crippen LogP contribution in [0.5, 0.6) is 5.75 Å². The highest BCUT2D eigenvalue weighted by Crippen LogP contribution is 2.30. The summed E-state index contributed by atoms with van der Waals surface area (Å²) in [5, 5.41) is 3.65. The lowest BCUT2D eigenvalue weighted by atomic mass is 10.0. The van der Waals surface area contributed by atoms with Crippen molar-refractivity contribution in [3.63, 3.8) is 0 Å². The van der Waals surface area contributed by atoms with Crippen molar-refractivity contribution >= 4 is 50.7 Å². The van der Waals surface area contributed by atoms with E-state index < -0.39 is 28.5 Å². The van der Waals surface area contributed by atoms with Gasteiger partial charge in [0.1, 0.15) is 18.3 Å². The number of rotatable bonds is 15. The molecule has 0 aromatic heterocycles. The highest BCUT2D eigenvalue weighted by Gasteiger charge is 2.35. The maximum absolute atomic E-state index is 14.6. The van der Waals surface area contributed by atoms with E-state index in [1.165, 1.54) is 17.0 Å². The zero-order valence-electron chi connectivity index (χ0n) is 26.6. The van der Waals surface area contributed by atoms with Crippen LogP contribution >= 0.6 is 23.2 Å². The maximum Gasteiger partial charge on any atom is 0.264 e. The van der Waals surface area contributed by atoms with E-state index >= 15 is 0 Å². The van der Waals surface area contributed by atoms with Gasteiger partial charge in [0, 0.05) is 34.6 Å². The number of halogens is 2. The summed E-state index contributed by atoms with van der Waals surface area (Å²) in [6, 6.07) is 27.5. The fraction of sp³-hybridized carbons (Fsp3) is 0.278. The summed E-state index contributed by atoms with van der Waals surface area (Å²) < 4.78 is 34.9. The largest absolute Gasteiger partial charge is 0.494 e. The van der Waals surface area contributed by atoms with Gasteiger partial charge in [0.25, 0.3) is 10.0 Å². The van der Waals surface area contributed by atoms with Gasteiger partial charge in [0.15, 0.2) is 0 Å². The normalized spacial score (nSPS) is 12.5. The first-order valence-electron chi connectivity index (χ1n) is 15.4. The third-order valence-corrected chi connectivity index (χ3v) is 10.2. The molecule has 4 rings (SSSR count). The molecule has 0 bridgehead atoms. The number of amides is 2. The molecule has 248 valence electrons. The summed E-state index contributed by atoms with van der Waals surface area (Å²) in [6.45, 7) is 5.38. The first-order valence-corrected chi connectivity index (χ1v) is 17.6. The van der Waals surface area contributed by atoms with Crippen LogP contribution in [0.25, 0.3) is 0 Å². The Hall–Kier alpha value is -4.05. The molecular weight excluding hydrogens is 657 g/mol. The molecule has 0 fully saturated rings. The second kappa shape index (κ2) is 16.7. The van der Waals surface area contributed by atoms with E-state index in [0.717, 1.165) is 9.87 Å². The molecular formula is C36H39Cl2N3O5S. The molecule has 8 nitrogen and oxygen atoms in total. The van der Waals surface area contributed by atoms with Crippen molar-refractivity contribution in [2.24, 2.45) is 0 Å². The molecule has 0 saturated heterocycles. The van der Waals surface area contributed by atoms with Gasteiger partial charge in [-0.2, -0.15) is 0 Å². The molecule has 0 aliphatic heterocycles. The lowest BCUT2D eigenvalue weighted by Crippen LogP contribution is -2.54. The highest BCUT2D eigenvalue weighted by atomic mass is 35.5. The van der Waals surface area contributed by atoms with Crippen molar-refractivity contribution in [2.45, 2.75) is 57.1 Å². The smallest absolute Gasteiger partial charge is 0.264 e. The monoisotopic (exact) mass is 695 g/mol. The summed E-state index contributed by atoms with van der Waals surface area (Å²) >= 11 is 13.2. The molecule has 2 amide bonds. The van der Waals surface area contributed by atoms with Crippen LogP contribution in [0, 0.1) is 0 Å². The molecule has 4 aromatic rings. The number of benzene rings is 4. The van der Waals surface area contributed by atoms with E-state index in [2.05, 4.69) is 5.32 Å². The second-order valence-electron chi connectivity index (χ2n) is 11.0. The minimum absolute atomic E-state index is 0.0118. The fourth-order valence-corrected chi connectivity index (χ4v) is 6.92. The number of carbonyl (C=O) groups excluding carboxylic acids is 2. The topological polar surface area (TPSA) is 96.0 Å². The van der Waals surface area contributed by atoms with Gasteiger partial charge in [-0.25, -0.2) is 8.42 Å². The van der Waals surface area contributed by atoms with Crippen molar-refractivity contribution in [1.82, 2.24) is 10.2 Å². The van der Waals surface area contributed by atoms with Crippen LogP contribution in [0.2, 0.25) is 10.0 Å². The summed E-state index contributed by atoms with van der Waals surface area (Å²) in [5.41, 5.74) is 1.52. The third kappa shape index (κ3) is 9.28. The van der Waals surface area contributed by atoms with E-state index in [9.17, 15) is 18.0 Å². The van der Waals surface area contributed by atoms with E-state index in [1.807, 2.05) is 51.1 Å². The zero-order chi connectivity index (χ0) is 34.0. The average molecular weight is 697 g/mol. The van der Waals surface area contributed by atoms with Gasteiger partial charge >= 0.3 is 0 Å². The molecule has 0 saturated carbocycles. The van der Waals surface area contributed by atoms with Crippen LogP contribution in [0.4, 0.5) is 5.69 Å². The molecule has 2 atom stereocenters. The lowest BCUT2D eigenvalue weighted by Gasteiger charge is -2.34. The third-order valence-electron chi connectivity index (χ3n) is 7.71. The molecule has 11 heteroatoms. The standard InChI is InChI=1S/C36H39Cl2N3O5S/c1-4-26(3)39-36(43)34(23-27-13-8-6-9-14-27)40(24-31-32(37)17-12-18-33(31)38)35(42)25-41(28-19-21-29(22-20-28)46-5-2)47(44,45)30-15-10-7-11-16-30/h6-22,26,34H,4-5,23-25H2,1-3H3,(H,39,43)/t26-,34+/m0/s1.